The van der Waals surface area contributed by atoms with Gasteiger partial charge in [0.25, 0.3) is 0 Å². The zero-order valence-corrected chi connectivity index (χ0v) is 59.8. The average Bonchev–Trinajstić information content (AvgIpc) is 0.903. The van der Waals surface area contributed by atoms with Crippen molar-refractivity contribution < 1.29 is 8.83 Å². The molecule has 0 aliphatic rings. The van der Waals surface area contributed by atoms with Gasteiger partial charge < -0.3 is 18.6 Å². The van der Waals surface area contributed by atoms with E-state index in [-0.39, 0.29) is 0 Å². The van der Waals surface area contributed by atoms with E-state index in [1.807, 2.05) is 12.1 Å². The Bertz CT molecular complexity index is 7480. The standard InChI is InChI=1S/C106H66N2O2/c1-3-29-79-68(22-1)24-17-37-81(79)71-25-15-27-73(62-71)85-31-7-11-44-99(85)107(101-46-20-42-95-93-35-9-13-48-103(93)109-105(95)101)77-56-52-67(53-57-77)70-54-59-91-92-60-55-76(66-98(92)90-34-6-5-33-89(90)97(91)65-70)83-39-19-40-87-82(38-18-41-88(83)87)72-26-16-28-74(63-72)86-32-8-12-45-100(86)108(102-47-21-43-96-94-36-10-14-49-104(94)110-106(96)102)78-58-61-84-75(64-78)51-50-69-23-2-4-30-80(69)84/h1-66H. The smallest absolute Gasteiger partial charge is 0.159 e. The van der Waals surface area contributed by atoms with Crippen molar-refractivity contribution in [2.75, 3.05) is 9.80 Å². The van der Waals surface area contributed by atoms with Crippen LogP contribution >= 0.6 is 0 Å². The van der Waals surface area contributed by atoms with Crippen LogP contribution in [0.2, 0.25) is 0 Å². The number of hydrogen-bond acceptors (Lipinski definition) is 4. The molecule has 0 spiro atoms. The third-order valence-corrected chi connectivity index (χ3v) is 22.8. The summed E-state index contributed by atoms with van der Waals surface area (Å²) in [5.41, 5.74) is 23.3. The maximum atomic E-state index is 6.86. The molecule has 0 saturated carbocycles. The Balaban J connectivity index is 0.615. The number of hydrogen-bond donors (Lipinski definition) is 0. The summed E-state index contributed by atoms with van der Waals surface area (Å²) >= 11 is 0. The van der Waals surface area contributed by atoms with Crippen LogP contribution in [0.15, 0.2) is 409 Å². The van der Waals surface area contributed by atoms with Crippen molar-refractivity contribution in [2.24, 2.45) is 0 Å². The van der Waals surface area contributed by atoms with Crippen LogP contribution in [0.1, 0.15) is 0 Å². The molecule has 2 aromatic heterocycles. The number of benzene rings is 20. The molecular formula is C106H66N2O2. The molecule has 2 heterocycles. The van der Waals surface area contributed by atoms with Crippen molar-refractivity contribution in [1.82, 2.24) is 0 Å². The molecule has 0 unspecified atom stereocenters. The second-order valence-corrected chi connectivity index (χ2v) is 28.9. The zero-order chi connectivity index (χ0) is 72.3. The number of fused-ring (bicyclic) bond motifs is 17. The number of rotatable bonds is 12. The molecule has 4 heteroatoms. The highest BCUT2D eigenvalue weighted by Crippen LogP contribution is 2.51. The Labute approximate surface area is 635 Å². The van der Waals surface area contributed by atoms with Gasteiger partial charge in [0, 0.05) is 44.0 Å². The van der Waals surface area contributed by atoms with E-state index in [0.717, 1.165) is 117 Å². The molecule has 512 valence electrons. The fourth-order valence-electron chi connectivity index (χ4n) is 17.7. The van der Waals surface area contributed by atoms with Crippen molar-refractivity contribution in [3.05, 3.63) is 400 Å². The van der Waals surface area contributed by atoms with Crippen molar-refractivity contribution in [3.8, 4) is 66.8 Å². The van der Waals surface area contributed by atoms with Crippen molar-refractivity contribution in [1.29, 1.82) is 0 Å². The molecule has 0 N–H and O–H groups in total. The van der Waals surface area contributed by atoms with Crippen molar-refractivity contribution in [2.45, 2.75) is 0 Å². The Hall–Kier alpha value is -14.6. The van der Waals surface area contributed by atoms with Crippen LogP contribution in [0.5, 0.6) is 0 Å². The number of anilines is 6. The first-order chi connectivity index (χ1) is 54.5. The maximum absolute atomic E-state index is 6.86. The van der Waals surface area contributed by atoms with E-state index in [1.54, 1.807) is 0 Å². The topological polar surface area (TPSA) is 32.8 Å². The average molecular weight is 1400 g/mol. The van der Waals surface area contributed by atoms with Crippen LogP contribution in [0.3, 0.4) is 0 Å². The van der Waals surface area contributed by atoms with Gasteiger partial charge in [-0.15, -0.1) is 0 Å². The molecule has 22 aromatic rings. The summed E-state index contributed by atoms with van der Waals surface area (Å²) in [6, 6.07) is 146. The monoisotopic (exact) mass is 1400 g/mol. The summed E-state index contributed by atoms with van der Waals surface area (Å²) < 4.78 is 13.7. The van der Waals surface area contributed by atoms with Gasteiger partial charge in [-0.2, -0.15) is 0 Å². The quantitative estimate of drug-likeness (QED) is 0.114. The van der Waals surface area contributed by atoms with Crippen LogP contribution in [0, 0.1) is 0 Å². The van der Waals surface area contributed by atoms with E-state index < -0.39 is 0 Å². The van der Waals surface area contributed by atoms with E-state index in [2.05, 4.69) is 398 Å². The van der Waals surface area contributed by atoms with Gasteiger partial charge in [0.2, 0.25) is 0 Å². The van der Waals surface area contributed by atoms with Crippen LogP contribution in [0.4, 0.5) is 34.1 Å². The zero-order valence-electron chi connectivity index (χ0n) is 59.8. The first kappa shape index (κ1) is 62.8. The van der Waals surface area contributed by atoms with Crippen molar-refractivity contribution in [3.63, 3.8) is 0 Å². The SMILES string of the molecule is c1cc(-c2ccccc2N(c2ccc(-c3ccc4c5ccc(-c6cccc7c(-c8cccc(-c9ccccc9N(c9ccc%10c(ccc%11ccccc%11%10)c9)c9cccc%10c9oc9ccccc9%10)c8)cccc67)cc5c5ccccc5c4c3)cc2)c2cccc3c2oc2ccccc23)cc(-c2cccc3ccccc23)c1. The summed E-state index contributed by atoms with van der Waals surface area (Å²) in [5, 5.41) is 21.4. The second-order valence-electron chi connectivity index (χ2n) is 28.9. The first-order valence-electron chi connectivity index (χ1n) is 37.8. The molecule has 20 aromatic carbocycles. The Morgan fingerprint density at radius 3 is 1.08 bits per heavy atom. The highest BCUT2D eigenvalue weighted by molar-refractivity contribution is 6.27. The van der Waals surface area contributed by atoms with Gasteiger partial charge in [0.1, 0.15) is 11.2 Å². The molecule has 0 radical (unpaired) electrons. The third kappa shape index (κ3) is 10.3. The predicted molar refractivity (Wildman–Crippen MR) is 466 cm³/mol. The lowest BCUT2D eigenvalue weighted by atomic mass is 9.88. The summed E-state index contributed by atoms with van der Waals surface area (Å²) in [6.07, 6.45) is 0. The molecule has 0 saturated heterocycles. The lowest BCUT2D eigenvalue weighted by Crippen LogP contribution is -2.11. The largest absolute Gasteiger partial charge is 0.454 e. The summed E-state index contributed by atoms with van der Waals surface area (Å²) in [5.74, 6) is 0. The highest BCUT2D eigenvalue weighted by atomic mass is 16.3. The molecule has 22 rings (SSSR count). The molecular weight excluding hydrogens is 1330 g/mol. The molecule has 0 bridgehead atoms. The van der Waals surface area contributed by atoms with Gasteiger partial charge in [0.05, 0.1) is 22.7 Å². The van der Waals surface area contributed by atoms with E-state index >= 15 is 0 Å². The lowest BCUT2D eigenvalue weighted by Gasteiger charge is -2.28. The van der Waals surface area contributed by atoms with Gasteiger partial charge in [-0.25, -0.2) is 0 Å². The van der Waals surface area contributed by atoms with E-state index in [9.17, 15) is 0 Å². The molecule has 0 amide bonds. The molecule has 0 aliphatic heterocycles. The summed E-state index contributed by atoms with van der Waals surface area (Å²) in [4.78, 5) is 4.78. The fraction of sp³-hybridized carbons (Fsp3) is 0. The maximum Gasteiger partial charge on any atom is 0.159 e. The summed E-state index contributed by atoms with van der Waals surface area (Å²) in [6.45, 7) is 0. The van der Waals surface area contributed by atoms with Gasteiger partial charge in [0.15, 0.2) is 11.2 Å². The molecule has 4 nitrogen and oxygen atoms in total. The highest BCUT2D eigenvalue weighted by Gasteiger charge is 2.26. The lowest BCUT2D eigenvalue weighted by molar-refractivity contribution is 0.668. The number of furan rings is 2. The van der Waals surface area contributed by atoms with Gasteiger partial charge in [-0.3, -0.25) is 0 Å². The Morgan fingerprint density at radius 2 is 0.491 bits per heavy atom. The first-order valence-corrected chi connectivity index (χ1v) is 37.8. The normalized spacial score (nSPS) is 11.8. The van der Waals surface area contributed by atoms with Gasteiger partial charge in [-0.05, 0) is 216 Å². The number of nitrogens with zero attached hydrogens (tertiary/aromatic N) is 2. The minimum atomic E-state index is 0.839. The predicted octanol–water partition coefficient (Wildman–Crippen LogP) is 30.5. The van der Waals surface area contributed by atoms with Crippen LogP contribution in [-0.4, -0.2) is 0 Å². The van der Waals surface area contributed by atoms with Gasteiger partial charge in [-0.1, -0.05) is 315 Å². The molecule has 0 atom stereocenters. The minimum absolute atomic E-state index is 0.839. The minimum Gasteiger partial charge on any atom is -0.454 e. The van der Waals surface area contributed by atoms with Crippen LogP contribution in [0.25, 0.3) is 186 Å². The van der Waals surface area contributed by atoms with Gasteiger partial charge >= 0.3 is 0 Å². The third-order valence-electron chi connectivity index (χ3n) is 22.8. The molecule has 110 heavy (non-hydrogen) atoms. The number of para-hydroxylation sites is 6. The summed E-state index contributed by atoms with van der Waals surface area (Å²) in [7, 11) is 0. The van der Waals surface area contributed by atoms with E-state index in [4.69, 9.17) is 8.83 Å². The van der Waals surface area contributed by atoms with Crippen LogP contribution in [-0.2, 0) is 0 Å². The fourth-order valence-corrected chi connectivity index (χ4v) is 17.7. The molecule has 0 fully saturated rings. The Morgan fingerprint density at radius 1 is 0.155 bits per heavy atom. The van der Waals surface area contributed by atoms with E-state index in [1.165, 1.54) is 103 Å². The van der Waals surface area contributed by atoms with E-state index in [0.29, 0.717) is 0 Å². The molecule has 0 aliphatic carbocycles. The van der Waals surface area contributed by atoms with Crippen LogP contribution < -0.4 is 9.80 Å². The second kappa shape index (κ2) is 25.6. The Kier molecular flexibility index (Phi) is 14.6. The van der Waals surface area contributed by atoms with Crippen molar-refractivity contribution >= 4 is 153 Å².